The molecule has 1 aliphatic rings. The van der Waals surface area contributed by atoms with E-state index in [1.165, 1.54) is 0 Å². The number of aromatic nitrogens is 1. The van der Waals surface area contributed by atoms with Crippen molar-refractivity contribution in [2.75, 3.05) is 18.9 Å². The highest BCUT2D eigenvalue weighted by Crippen LogP contribution is 2.38. The smallest absolute Gasteiger partial charge is 0.162 e. The van der Waals surface area contributed by atoms with Crippen LogP contribution in [0.25, 0.3) is 0 Å². The molecule has 0 saturated carbocycles. The number of nitrogen functional groups attached to an aromatic ring is 1. The highest BCUT2D eigenvalue weighted by atomic mass is 32.2. The minimum atomic E-state index is 0.596. The molecule has 1 aliphatic heterocycles. The van der Waals surface area contributed by atoms with Gasteiger partial charge in [0.2, 0.25) is 0 Å². The average molecular weight is 260 g/mol. The van der Waals surface area contributed by atoms with E-state index in [0.717, 1.165) is 21.3 Å². The molecule has 0 radical (unpaired) electrons. The van der Waals surface area contributed by atoms with Crippen molar-refractivity contribution in [1.82, 2.24) is 4.98 Å². The van der Waals surface area contributed by atoms with Crippen molar-refractivity contribution >= 4 is 17.4 Å². The van der Waals surface area contributed by atoms with Gasteiger partial charge in [-0.25, -0.2) is 0 Å². The first-order valence-corrected chi connectivity index (χ1v) is 6.41. The predicted octanol–water partition coefficient (Wildman–Crippen LogP) is 2.59. The second-order valence-corrected chi connectivity index (χ2v) is 4.94. The molecule has 0 saturated heterocycles. The third-order valence-electron chi connectivity index (χ3n) is 2.55. The molecule has 2 heterocycles. The summed E-state index contributed by atoms with van der Waals surface area (Å²) in [6, 6.07) is 7.79. The summed E-state index contributed by atoms with van der Waals surface area (Å²) in [6.07, 6.45) is 3.39. The van der Waals surface area contributed by atoms with Crippen molar-refractivity contribution < 1.29 is 9.47 Å². The van der Waals surface area contributed by atoms with Crippen LogP contribution in [0.15, 0.2) is 46.5 Å². The van der Waals surface area contributed by atoms with Crippen LogP contribution < -0.4 is 15.2 Å². The van der Waals surface area contributed by atoms with E-state index in [9.17, 15) is 0 Å². The number of anilines is 1. The summed E-state index contributed by atoms with van der Waals surface area (Å²) in [6.45, 7) is 1.20. The maximum atomic E-state index is 5.87. The van der Waals surface area contributed by atoms with Crippen molar-refractivity contribution in [3.05, 3.63) is 36.7 Å². The maximum Gasteiger partial charge on any atom is 0.162 e. The normalized spacial score (nSPS) is 13.3. The van der Waals surface area contributed by atoms with Gasteiger partial charge in [-0.1, -0.05) is 11.8 Å². The Hall–Kier alpha value is -1.88. The topological polar surface area (TPSA) is 57.4 Å². The van der Waals surface area contributed by atoms with Gasteiger partial charge in [-0.2, -0.15) is 0 Å². The molecule has 0 atom stereocenters. The molecule has 18 heavy (non-hydrogen) atoms. The van der Waals surface area contributed by atoms with Gasteiger partial charge < -0.3 is 15.2 Å². The summed E-state index contributed by atoms with van der Waals surface area (Å²) in [4.78, 5) is 6.03. The van der Waals surface area contributed by atoms with Gasteiger partial charge in [0.15, 0.2) is 11.5 Å². The van der Waals surface area contributed by atoms with E-state index >= 15 is 0 Å². The summed E-state index contributed by atoms with van der Waals surface area (Å²) in [5.74, 6) is 1.59. The van der Waals surface area contributed by atoms with Crippen molar-refractivity contribution in [2.24, 2.45) is 0 Å². The van der Waals surface area contributed by atoms with Crippen LogP contribution in [0.3, 0.4) is 0 Å². The molecule has 0 aliphatic carbocycles. The van der Waals surface area contributed by atoms with E-state index < -0.39 is 0 Å². The van der Waals surface area contributed by atoms with Crippen LogP contribution in [0.2, 0.25) is 0 Å². The summed E-state index contributed by atoms with van der Waals surface area (Å²) in [7, 11) is 0. The zero-order valence-corrected chi connectivity index (χ0v) is 10.4. The number of rotatable bonds is 2. The third kappa shape index (κ3) is 2.22. The molecular weight excluding hydrogens is 248 g/mol. The van der Waals surface area contributed by atoms with Crippen molar-refractivity contribution in [2.45, 2.75) is 9.79 Å². The number of ether oxygens (including phenoxy) is 2. The number of nitrogens with zero attached hydrogens (tertiary/aromatic N) is 1. The second-order valence-electron chi connectivity index (χ2n) is 3.82. The van der Waals surface area contributed by atoms with E-state index in [-0.39, 0.29) is 0 Å². The fourth-order valence-corrected chi connectivity index (χ4v) is 2.56. The zero-order chi connectivity index (χ0) is 12.4. The number of hydrogen-bond acceptors (Lipinski definition) is 5. The van der Waals surface area contributed by atoms with E-state index in [1.807, 2.05) is 24.3 Å². The molecule has 2 aromatic rings. The van der Waals surface area contributed by atoms with Gasteiger partial charge in [0.25, 0.3) is 0 Å². The van der Waals surface area contributed by atoms with Crippen LogP contribution in [-0.4, -0.2) is 18.2 Å². The van der Waals surface area contributed by atoms with Gasteiger partial charge >= 0.3 is 0 Å². The quantitative estimate of drug-likeness (QED) is 0.899. The Kier molecular flexibility index (Phi) is 2.98. The monoisotopic (exact) mass is 260 g/mol. The van der Waals surface area contributed by atoms with Crippen molar-refractivity contribution in [3.63, 3.8) is 0 Å². The minimum absolute atomic E-state index is 0.596. The molecule has 1 aromatic carbocycles. The number of pyridine rings is 1. The Balaban J connectivity index is 1.87. The van der Waals surface area contributed by atoms with Gasteiger partial charge in [-0.15, -0.1) is 0 Å². The summed E-state index contributed by atoms with van der Waals surface area (Å²) in [5.41, 5.74) is 6.55. The number of nitrogens with two attached hydrogens (primary N) is 1. The molecule has 0 fully saturated rings. The highest BCUT2D eigenvalue weighted by Gasteiger charge is 2.12. The van der Waals surface area contributed by atoms with Crippen LogP contribution in [0.1, 0.15) is 0 Å². The largest absolute Gasteiger partial charge is 0.486 e. The first kappa shape index (κ1) is 11.2. The Morgan fingerprint density at radius 2 is 1.94 bits per heavy atom. The van der Waals surface area contributed by atoms with Gasteiger partial charge in [0.05, 0.1) is 11.9 Å². The lowest BCUT2D eigenvalue weighted by atomic mass is 10.3. The molecule has 5 heteroatoms. The molecule has 1 aromatic heterocycles. The van der Waals surface area contributed by atoms with Gasteiger partial charge in [0.1, 0.15) is 13.2 Å². The summed E-state index contributed by atoms with van der Waals surface area (Å²) < 4.78 is 11.0. The van der Waals surface area contributed by atoms with Gasteiger partial charge in [-0.3, -0.25) is 4.98 Å². The maximum absolute atomic E-state index is 5.87. The molecule has 92 valence electrons. The van der Waals surface area contributed by atoms with Gasteiger partial charge in [-0.05, 0) is 24.3 Å². The minimum Gasteiger partial charge on any atom is -0.486 e. The first-order valence-electron chi connectivity index (χ1n) is 5.60. The zero-order valence-electron chi connectivity index (χ0n) is 9.63. The van der Waals surface area contributed by atoms with Crippen molar-refractivity contribution in [3.8, 4) is 11.5 Å². The van der Waals surface area contributed by atoms with E-state index in [0.29, 0.717) is 18.9 Å². The Morgan fingerprint density at radius 1 is 1.11 bits per heavy atom. The molecule has 2 N–H and O–H groups in total. The van der Waals surface area contributed by atoms with Crippen molar-refractivity contribution in [1.29, 1.82) is 0 Å². The fourth-order valence-electron chi connectivity index (χ4n) is 1.70. The van der Waals surface area contributed by atoms with E-state index in [2.05, 4.69) is 4.98 Å². The summed E-state index contributed by atoms with van der Waals surface area (Å²) >= 11 is 1.59. The van der Waals surface area contributed by atoms with E-state index in [4.69, 9.17) is 15.2 Å². The number of benzene rings is 1. The lowest BCUT2D eigenvalue weighted by Crippen LogP contribution is -2.15. The SMILES string of the molecule is Nc1cnccc1Sc1ccc2c(c1)OCCO2. The molecule has 4 nitrogen and oxygen atoms in total. The number of hydrogen-bond donors (Lipinski definition) is 1. The molecule has 0 bridgehead atoms. The Morgan fingerprint density at radius 3 is 2.78 bits per heavy atom. The molecular formula is C13H12N2O2S. The first-order chi connectivity index (χ1) is 8.83. The van der Waals surface area contributed by atoms with Crippen LogP contribution in [0, 0.1) is 0 Å². The fraction of sp³-hybridized carbons (Fsp3) is 0.154. The van der Waals surface area contributed by atoms with Gasteiger partial charge in [0, 0.05) is 16.0 Å². The standard InChI is InChI=1S/C13H12N2O2S/c14-10-8-15-4-3-13(10)18-9-1-2-11-12(7-9)17-6-5-16-11/h1-4,7-8H,5-6,14H2. The lowest BCUT2D eigenvalue weighted by Gasteiger charge is -2.18. The van der Waals surface area contributed by atoms with E-state index in [1.54, 1.807) is 24.2 Å². The molecule has 3 rings (SSSR count). The highest BCUT2D eigenvalue weighted by molar-refractivity contribution is 7.99. The van der Waals surface area contributed by atoms with Crippen LogP contribution in [0.5, 0.6) is 11.5 Å². The Bertz CT molecular complexity index is 575. The predicted molar refractivity (Wildman–Crippen MR) is 70.2 cm³/mol. The third-order valence-corrected chi connectivity index (χ3v) is 3.63. The van der Waals surface area contributed by atoms with Crippen LogP contribution in [0.4, 0.5) is 5.69 Å². The van der Waals surface area contributed by atoms with Crippen LogP contribution in [-0.2, 0) is 0 Å². The van der Waals surface area contributed by atoms with Crippen LogP contribution >= 0.6 is 11.8 Å². The number of fused-ring (bicyclic) bond motifs is 1. The molecule has 0 amide bonds. The Labute approximate surface area is 109 Å². The molecule has 0 spiro atoms. The average Bonchev–Trinajstić information content (AvgIpc) is 2.41. The lowest BCUT2D eigenvalue weighted by molar-refractivity contribution is 0.171. The summed E-state index contributed by atoms with van der Waals surface area (Å²) in [5, 5.41) is 0. The second kappa shape index (κ2) is 4.78. The molecule has 0 unspecified atom stereocenters.